The quantitative estimate of drug-likeness (QED) is 0.169. The van der Waals surface area contributed by atoms with Crippen molar-refractivity contribution in [2.24, 2.45) is 0 Å². The fourth-order valence-electron chi connectivity index (χ4n) is 3.34. The summed E-state index contributed by atoms with van der Waals surface area (Å²) in [5.41, 5.74) is -0.220. The normalized spacial score (nSPS) is 11.8. The predicted octanol–water partition coefficient (Wildman–Crippen LogP) is 5.01. The monoisotopic (exact) mass is 681 g/mol. The smallest absolute Gasteiger partial charge is 0.378 e. The molecule has 0 N–H and O–H groups in total. The molecule has 6 nitrogen and oxygen atoms in total. The number of hydrogen-bond donors (Lipinski definition) is 0. The van der Waals surface area contributed by atoms with Gasteiger partial charge in [0.1, 0.15) is 11.9 Å². The summed E-state index contributed by atoms with van der Waals surface area (Å²) in [6.45, 7) is 3.64. The molecule has 0 aromatic carbocycles. The van der Waals surface area contributed by atoms with Crippen molar-refractivity contribution in [3.05, 3.63) is 83.7 Å². The van der Waals surface area contributed by atoms with E-state index in [0.717, 1.165) is 16.8 Å². The zero-order valence-corrected chi connectivity index (χ0v) is 21.7. The number of alkyl halides is 3. The van der Waals surface area contributed by atoms with Crippen LogP contribution in [-0.2, 0) is 32.7 Å². The van der Waals surface area contributed by atoms with Crippen LogP contribution in [0, 0.1) is 24.2 Å². The molecule has 0 saturated carbocycles. The summed E-state index contributed by atoms with van der Waals surface area (Å²) in [5.74, 6) is -1.91. The molecule has 0 unspecified atom stereocenters. The molecule has 0 amide bonds. The third-order valence-corrected chi connectivity index (χ3v) is 5.38. The molecule has 0 saturated heterocycles. The molecule has 4 rings (SSSR count). The van der Waals surface area contributed by atoms with Crippen LogP contribution in [0.25, 0.3) is 17.1 Å². The van der Waals surface area contributed by atoms with E-state index in [1.807, 2.05) is 13.8 Å². The van der Waals surface area contributed by atoms with Gasteiger partial charge in [0.05, 0.1) is 11.5 Å². The number of rotatable bonds is 5. The van der Waals surface area contributed by atoms with Gasteiger partial charge in [0, 0.05) is 36.6 Å². The summed E-state index contributed by atoms with van der Waals surface area (Å²) < 4.78 is 67.5. The molecule has 0 spiro atoms. The van der Waals surface area contributed by atoms with Crippen LogP contribution in [0.15, 0.2) is 42.5 Å². The van der Waals surface area contributed by atoms with Crippen molar-refractivity contribution in [2.75, 3.05) is 19.0 Å². The molecular formula is C24H19F5N6Pt. The van der Waals surface area contributed by atoms with Crippen molar-refractivity contribution in [3.63, 3.8) is 0 Å². The van der Waals surface area contributed by atoms with Gasteiger partial charge < -0.3 is 14.6 Å². The van der Waals surface area contributed by atoms with Gasteiger partial charge in [-0.25, -0.2) is 8.78 Å². The van der Waals surface area contributed by atoms with Crippen LogP contribution in [0.4, 0.5) is 27.6 Å². The maximum absolute atomic E-state index is 14.4. The second-order valence-corrected chi connectivity index (χ2v) is 8.45. The van der Waals surface area contributed by atoms with E-state index >= 15 is 0 Å². The minimum atomic E-state index is -4.60. The van der Waals surface area contributed by atoms with Crippen LogP contribution >= 0.6 is 0 Å². The second-order valence-electron chi connectivity index (χ2n) is 8.45. The van der Waals surface area contributed by atoms with Gasteiger partial charge in [0.15, 0.2) is 0 Å². The Bertz CT molecular complexity index is 1380. The van der Waals surface area contributed by atoms with Crippen molar-refractivity contribution in [1.29, 1.82) is 0 Å². The largest absolute Gasteiger partial charge is 2.00 e. The summed E-state index contributed by atoms with van der Waals surface area (Å²) >= 11 is 0. The molecule has 4 heterocycles. The number of halogens is 5. The summed E-state index contributed by atoms with van der Waals surface area (Å²) in [5, 5.41) is 3.52. The van der Waals surface area contributed by atoms with E-state index in [9.17, 15) is 22.0 Å². The Hall–Kier alpha value is -3.20. The first-order valence-electron chi connectivity index (χ1n) is 10.3. The van der Waals surface area contributed by atoms with Gasteiger partial charge in [0.25, 0.3) is 0 Å². The molecule has 0 radical (unpaired) electrons. The Morgan fingerprint density at radius 1 is 0.917 bits per heavy atom. The molecule has 36 heavy (non-hydrogen) atoms. The zero-order valence-electron chi connectivity index (χ0n) is 19.4. The molecule has 0 bridgehead atoms. The number of hydrogen-bond acceptors (Lipinski definition) is 5. The molecule has 0 atom stereocenters. The molecule has 190 valence electrons. The Balaban J connectivity index is 0.00000361. The minimum Gasteiger partial charge on any atom is -0.378 e. The van der Waals surface area contributed by atoms with Gasteiger partial charge >= 0.3 is 27.2 Å². The number of pyridine rings is 3. The first-order chi connectivity index (χ1) is 16.4. The molecule has 4 aromatic heterocycles. The third kappa shape index (κ3) is 5.46. The van der Waals surface area contributed by atoms with Crippen LogP contribution in [0.1, 0.15) is 30.9 Å². The van der Waals surface area contributed by atoms with Crippen molar-refractivity contribution < 1.29 is 43.0 Å². The van der Waals surface area contributed by atoms with E-state index in [1.54, 1.807) is 43.3 Å². The zero-order chi connectivity index (χ0) is 25.5. The molecule has 0 aliphatic rings. The van der Waals surface area contributed by atoms with Gasteiger partial charge in [-0.2, -0.15) is 13.2 Å². The Labute approximate surface area is 218 Å². The fourth-order valence-corrected chi connectivity index (χ4v) is 3.34. The van der Waals surface area contributed by atoms with E-state index in [4.69, 9.17) is 0 Å². The summed E-state index contributed by atoms with van der Waals surface area (Å²) in [6, 6.07) is 12.5. The average molecular weight is 682 g/mol. The van der Waals surface area contributed by atoms with Crippen LogP contribution < -0.4 is 4.90 Å². The van der Waals surface area contributed by atoms with E-state index < -0.39 is 29.2 Å². The van der Waals surface area contributed by atoms with Crippen LogP contribution in [0.5, 0.6) is 0 Å². The van der Waals surface area contributed by atoms with E-state index in [1.165, 1.54) is 6.07 Å². The van der Waals surface area contributed by atoms with E-state index in [2.05, 4.69) is 32.3 Å². The summed E-state index contributed by atoms with van der Waals surface area (Å²) in [7, 11) is 3.59. The van der Waals surface area contributed by atoms with Gasteiger partial charge in [-0.05, 0) is 31.7 Å². The van der Waals surface area contributed by atoms with Crippen molar-refractivity contribution in [2.45, 2.75) is 25.4 Å². The second kappa shape index (κ2) is 10.0. The number of anilines is 1. The van der Waals surface area contributed by atoms with Crippen LogP contribution in [-0.4, -0.2) is 38.8 Å². The number of nitrogens with zero attached hydrogens (tertiary/aromatic N) is 6. The van der Waals surface area contributed by atoms with Crippen molar-refractivity contribution in [1.82, 2.24) is 24.7 Å². The van der Waals surface area contributed by atoms with Crippen molar-refractivity contribution in [3.8, 4) is 17.1 Å². The van der Waals surface area contributed by atoms with Crippen LogP contribution in [0.2, 0.25) is 0 Å². The van der Waals surface area contributed by atoms with E-state index in [0.29, 0.717) is 17.1 Å². The molecular weight excluding hydrogens is 662 g/mol. The van der Waals surface area contributed by atoms with Crippen molar-refractivity contribution >= 4 is 5.69 Å². The maximum Gasteiger partial charge on any atom is 2.00 e. The Kier molecular flexibility index (Phi) is 7.64. The molecule has 0 aliphatic heterocycles. The maximum atomic E-state index is 14.4. The summed E-state index contributed by atoms with van der Waals surface area (Å²) in [4.78, 5) is 14.1. The van der Waals surface area contributed by atoms with Gasteiger partial charge in [0.2, 0.25) is 0 Å². The summed E-state index contributed by atoms with van der Waals surface area (Å²) in [6.07, 6.45) is -2.17. The van der Waals surface area contributed by atoms with Crippen LogP contribution in [0.3, 0.4) is 0 Å². The fraction of sp³-hybridized carbons (Fsp3) is 0.250. The Morgan fingerprint density at radius 3 is 2.25 bits per heavy atom. The van der Waals surface area contributed by atoms with Gasteiger partial charge in [-0.3, -0.25) is 15.1 Å². The van der Waals surface area contributed by atoms with Gasteiger partial charge in [-0.15, -0.1) is 12.1 Å². The standard InChI is InChI=1S/C24H19F5N6.Pt/c1-23(2,17-6-5-7-21(31-17)35-11-10-18(33-35)24(27,28)29)19-13-14(34(3)4)12-16(30-19)15-8-9-20(25)32-22(15)26;/h5-7,9-10,12-13H,1-4H3;/q-2;+2. The topological polar surface area (TPSA) is 59.7 Å². The molecule has 0 aliphatic carbocycles. The number of aromatic nitrogens is 5. The van der Waals surface area contributed by atoms with Gasteiger partial charge in [-0.1, -0.05) is 36.0 Å². The molecule has 4 aromatic rings. The first-order valence-corrected chi connectivity index (χ1v) is 10.3. The third-order valence-electron chi connectivity index (χ3n) is 5.38. The SMILES string of the molecule is CN(C)c1cc(-c2[c-]cc(F)nc2F)nc(C(C)(C)c2cccc(-n3[c-]cc(C(F)(F)F)n3)n2)c1.[Pt+2]. The Morgan fingerprint density at radius 2 is 1.64 bits per heavy atom. The molecule has 0 fully saturated rings. The first kappa shape index (κ1) is 27.4. The molecule has 12 heteroatoms. The minimum absolute atomic E-state index is 0. The van der Waals surface area contributed by atoms with E-state index in [-0.39, 0.29) is 38.1 Å². The average Bonchev–Trinajstić information content (AvgIpc) is 3.30. The predicted molar refractivity (Wildman–Crippen MR) is 118 cm³/mol.